The van der Waals surface area contributed by atoms with E-state index in [0.717, 1.165) is 29.2 Å². The second kappa shape index (κ2) is 9.82. The number of ether oxygens (including phenoxy) is 1. The number of amides is 3. The average molecular weight is 450 g/mol. The normalized spacial score (nSPS) is 14.3. The molecule has 1 aliphatic rings. The molecule has 2 aromatic carbocycles. The molecule has 3 rings (SSSR count). The summed E-state index contributed by atoms with van der Waals surface area (Å²) in [7, 11) is 0. The molecule has 1 heterocycles. The van der Waals surface area contributed by atoms with Gasteiger partial charge in [-0.25, -0.2) is 0 Å². The summed E-state index contributed by atoms with van der Waals surface area (Å²) in [6, 6.07) is 10.5. The highest BCUT2D eigenvalue weighted by Crippen LogP contribution is 2.30. The number of nitrogens with one attached hydrogen (secondary N) is 1. The predicted octanol–water partition coefficient (Wildman–Crippen LogP) is 2.64. The fourth-order valence-corrected chi connectivity index (χ4v) is 3.15. The van der Waals surface area contributed by atoms with E-state index in [2.05, 4.69) is 5.32 Å². The van der Waals surface area contributed by atoms with Crippen LogP contribution >= 0.6 is 0 Å². The molecular weight excluding hydrogens is 429 g/mol. The zero-order valence-electron chi connectivity index (χ0n) is 16.9. The summed E-state index contributed by atoms with van der Waals surface area (Å²) < 4.78 is 42.8. The van der Waals surface area contributed by atoms with Gasteiger partial charge < -0.3 is 15.2 Å². The minimum Gasteiger partial charge on any atom is -0.491 e. The number of fused-ring (bicyclic) bond motifs is 1. The third-order valence-corrected chi connectivity index (χ3v) is 4.82. The number of aliphatic hydroxyl groups excluding tert-OH is 1. The number of hydrogen-bond donors (Lipinski definition) is 2. The van der Waals surface area contributed by atoms with Crippen molar-refractivity contribution < 1.29 is 37.4 Å². The molecule has 1 atom stereocenters. The SMILES string of the molecule is O=C(CCCN1C(=O)c2ccccc2C1=O)NCC(O)COc1ccc(C(F)(F)F)cc1. The topological polar surface area (TPSA) is 95.9 Å². The van der Waals surface area contributed by atoms with Crippen molar-refractivity contribution in [1.29, 1.82) is 0 Å². The smallest absolute Gasteiger partial charge is 0.416 e. The standard InChI is InChI=1S/C22H21F3N2O5/c23-22(24,25)14-7-9-16(10-8-14)32-13-15(28)12-26-19(29)6-3-11-27-20(30)17-4-1-2-5-18(17)21(27)31/h1-2,4-5,7-10,15,28H,3,6,11-13H2,(H,26,29). The van der Waals surface area contributed by atoms with Crippen LogP contribution in [0.1, 0.15) is 39.1 Å². The van der Waals surface area contributed by atoms with Crippen molar-refractivity contribution in [3.8, 4) is 5.75 Å². The van der Waals surface area contributed by atoms with Crippen LogP contribution in [0.2, 0.25) is 0 Å². The molecule has 0 saturated carbocycles. The van der Waals surface area contributed by atoms with Crippen molar-refractivity contribution in [2.24, 2.45) is 0 Å². The Bertz CT molecular complexity index is 957. The van der Waals surface area contributed by atoms with E-state index in [-0.39, 0.29) is 56.0 Å². The van der Waals surface area contributed by atoms with Crippen LogP contribution in [0.25, 0.3) is 0 Å². The lowest BCUT2D eigenvalue weighted by Gasteiger charge is -2.15. The van der Waals surface area contributed by atoms with Crippen LogP contribution < -0.4 is 10.1 Å². The minimum atomic E-state index is -4.44. The molecule has 2 aromatic rings. The van der Waals surface area contributed by atoms with Gasteiger partial charge in [-0.2, -0.15) is 13.2 Å². The summed E-state index contributed by atoms with van der Waals surface area (Å²) in [4.78, 5) is 37.6. The van der Waals surface area contributed by atoms with Crippen molar-refractivity contribution in [1.82, 2.24) is 10.2 Å². The Kier molecular flexibility index (Phi) is 7.14. The molecule has 32 heavy (non-hydrogen) atoms. The van der Waals surface area contributed by atoms with Crippen molar-refractivity contribution >= 4 is 17.7 Å². The number of alkyl halides is 3. The summed E-state index contributed by atoms with van der Waals surface area (Å²) in [6.07, 6.45) is -5.21. The molecule has 7 nitrogen and oxygen atoms in total. The molecule has 2 N–H and O–H groups in total. The first kappa shape index (κ1) is 23.3. The van der Waals surface area contributed by atoms with Gasteiger partial charge in [0.2, 0.25) is 5.91 Å². The average Bonchev–Trinajstić information content (AvgIpc) is 3.01. The molecule has 0 fully saturated rings. The number of rotatable bonds is 9. The minimum absolute atomic E-state index is 0.0416. The highest BCUT2D eigenvalue weighted by molar-refractivity contribution is 6.21. The highest BCUT2D eigenvalue weighted by atomic mass is 19.4. The van der Waals surface area contributed by atoms with Gasteiger partial charge in [0.15, 0.2) is 0 Å². The Morgan fingerprint density at radius 2 is 1.62 bits per heavy atom. The fraction of sp³-hybridized carbons (Fsp3) is 0.318. The van der Waals surface area contributed by atoms with Crippen molar-refractivity contribution in [3.05, 3.63) is 65.2 Å². The summed E-state index contributed by atoms with van der Waals surface area (Å²) in [6.45, 7) is -0.244. The highest BCUT2D eigenvalue weighted by Gasteiger charge is 2.34. The van der Waals surface area contributed by atoms with E-state index in [1.54, 1.807) is 24.3 Å². The maximum atomic E-state index is 12.5. The predicted molar refractivity (Wildman–Crippen MR) is 107 cm³/mol. The molecule has 0 aliphatic carbocycles. The number of carbonyl (C=O) groups excluding carboxylic acids is 3. The largest absolute Gasteiger partial charge is 0.491 e. The van der Waals surface area contributed by atoms with Gasteiger partial charge in [-0.3, -0.25) is 19.3 Å². The number of imide groups is 1. The molecule has 0 radical (unpaired) electrons. The summed E-state index contributed by atoms with van der Waals surface area (Å²) in [5, 5.41) is 12.4. The van der Waals surface area contributed by atoms with Gasteiger partial charge in [-0.15, -0.1) is 0 Å². The third kappa shape index (κ3) is 5.64. The van der Waals surface area contributed by atoms with Gasteiger partial charge in [0.25, 0.3) is 11.8 Å². The first-order valence-corrected chi connectivity index (χ1v) is 9.87. The number of aliphatic hydroxyl groups is 1. The second-order valence-electron chi connectivity index (χ2n) is 7.20. The van der Waals surface area contributed by atoms with Crippen molar-refractivity contribution in [2.45, 2.75) is 25.1 Å². The molecule has 10 heteroatoms. The number of carbonyl (C=O) groups is 3. The van der Waals surface area contributed by atoms with E-state index in [1.807, 2.05) is 0 Å². The zero-order valence-corrected chi connectivity index (χ0v) is 16.9. The third-order valence-electron chi connectivity index (χ3n) is 4.82. The van der Waals surface area contributed by atoms with Crippen LogP contribution in [0, 0.1) is 0 Å². The summed E-state index contributed by atoms with van der Waals surface area (Å²) in [5.41, 5.74) is -0.116. The van der Waals surface area contributed by atoms with Gasteiger partial charge >= 0.3 is 6.18 Å². The molecule has 1 unspecified atom stereocenters. The summed E-state index contributed by atoms with van der Waals surface area (Å²) >= 11 is 0. The molecule has 0 saturated heterocycles. The van der Waals surface area contributed by atoms with Gasteiger partial charge in [-0.05, 0) is 42.8 Å². The molecular formula is C22H21F3N2O5. The van der Waals surface area contributed by atoms with Crippen molar-refractivity contribution in [3.63, 3.8) is 0 Å². The first-order valence-electron chi connectivity index (χ1n) is 9.87. The quantitative estimate of drug-likeness (QED) is 0.573. The number of hydrogen-bond acceptors (Lipinski definition) is 5. The maximum Gasteiger partial charge on any atom is 0.416 e. The fourth-order valence-electron chi connectivity index (χ4n) is 3.15. The number of benzene rings is 2. The van der Waals surface area contributed by atoms with Crippen molar-refractivity contribution in [2.75, 3.05) is 19.7 Å². The second-order valence-corrected chi connectivity index (χ2v) is 7.20. The van der Waals surface area contributed by atoms with E-state index in [9.17, 15) is 32.7 Å². The molecule has 170 valence electrons. The van der Waals surface area contributed by atoms with Crippen LogP contribution in [0.4, 0.5) is 13.2 Å². The van der Waals surface area contributed by atoms with Crippen LogP contribution in [0.15, 0.2) is 48.5 Å². The van der Waals surface area contributed by atoms with Gasteiger partial charge in [-0.1, -0.05) is 12.1 Å². The maximum absolute atomic E-state index is 12.5. The van der Waals surface area contributed by atoms with Crippen LogP contribution in [0.5, 0.6) is 5.75 Å². The van der Waals surface area contributed by atoms with E-state index < -0.39 is 17.8 Å². The van der Waals surface area contributed by atoms with Crippen LogP contribution in [0.3, 0.4) is 0 Å². The lowest BCUT2D eigenvalue weighted by molar-refractivity contribution is -0.137. The van der Waals surface area contributed by atoms with Gasteiger partial charge in [0.1, 0.15) is 18.5 Å². The Hall–Kier alpha value is -3.40. The van der Waals surface area contributed by atoms with Crippen LogP contribution in [-0.4, -0.2) is 53.5 Å². The Morgan fingerprint density at radius 1 is 1.03 bits per heavy atom. The van der Waals surface area contributed by atoms with Gasteiger partial charge in [0.05, 0.1) is 16.7 Å². The molecule has 0 aromatic heterocycles. The Labute approximate surface area is 181 Å². The number of halogens is 3. The monoisotopic (exact) mass is 450 g/mol. The van der Waals surface area contributed by atoms with E-state index in [4.69, 9.17) is 4.74 Å². The first-order chi connectivity index (χ1) is 15.2. The van der Waals surface area contributed by atoms with E-state index in [0.29, 0.717) is 11.1 Å². The lowest BCUT2D eigenvalue weighted by atomic mass is 10.1. The molecule has 1 aliphatic heterocycles. The van der Waals surface area contributed by atoms with Gasteiger partial charge in [0, 0.05) is 19.5 Å². The summed E-state index contributed by atoms with van der Waals surface area (Å²) in [5.74, 6) is -0.997. The Balaban J connectivity index is 1.34. The Morgan fingerprint density at radius 3 is 2.19 bits per heavy atom. The number of nitrogens with zero attached hydrogens (tertiary/aromatic N) is 1. The molecule has 0 bridgehead atoms. The molecule has 3 amide bonds. The lowest BCUT2D eigenvalue weighted by Crippen LogP contribution is -2.36. The van der Waals surface area contributed by atoms with E-state index >= 15 is 0 Å². The van der Waals surface area contributed by atoms with E-state index in [1.165, 1.54) is 0 Å². The molecule has 0 spiro atoms. The van der Waals surface area contributed by atoms with Crippen LogP contribution in [-0.2, 0) is 11.0 Å². The zero-order chi connectivity index (χ0) is 23.3.